The Morgan fingerprint density at radius 1 is 1.00 bits per heavy atom. The van der Waals surface area contributed by atoms with Crippen molar-refractivity contribution in [1.29, 1.82) is 0 Å². The average Bonchev–Trinajstić information content (AvgIpc) is 2.35. The number of esters is 2. The van der Waals surface area contributed by atoms with Gasteiger partial charge in [0.1, 0.15) is 10.1 Å². The van der Waals surface area contributed by atoms with Gasteiger partial charge in [-0.3, -0.25) is 0 Å². The van der Waals surface area contributed by atoms with E-state index < -0.39 is 27.0 Å². The minimum Gasteiger partial charge on any atom is -0.744 e. The van der Waals surface area contributed by atoms with Gasteiger partial charge in [0.25, 0.3) is 0 Å². The maximum Gasteiger partial charge on any atom is 1.00 e. The summed E-state index contributed by atoms with van der Waals surface area (Å²) < 4.78 is 41.5. The van der Waals surface area contributed by atoms with Crippen LogP contribution in [0.5, 0.6) is 0 Å². The number of hydrogen-bond donors (Lipinski definition) is 0. The van der Waals surface area contributed by atoms with Crippen molar-refractivity contribution in [2.24, 2.45) is 0 Å². The first-order chi connectivity index (χ1) is 8.29. The SMILES string of the molecule is COC(=O)c1cc(C(=O)OC)cc(S(=O)(=O)[O-])c1.[Na+]. The molecular formula is C10H9NaO7S. The molecule has 0 spiro atoms. The molecule has 0 aliphatic rings. The zero-order valence-electron chi connectivity index (χ0n) is 10.5. The third kappa shape index (κ3) is 4.59. The molecule has 0 N–H and O–H groups in total. The standard InChI is InChI=1S/C10H10O7S.Na/c1-16-9(11)6-3-7(10(12)17-2)5-8(4-6)18(13,14)15;/h3-5H,1-2H3,(H,13,14,15);/q;+1/p-1. The minimum atomic E-state index is -4.80. The second-order valence-electron chi connectivity index (χ2n) is 3.18. The maximum atomic E-state index is 11.3. The minimum absolute atomic E-state index is 0. The quantitative estimate of drug-likeness (QED) is 0.336. The second kappa shape index (κ2) is 7.01. The van der Waals surface area contributed by atoms with Gasteiger partial charge in [0.2, 0.25) is 0 Å². The Morgan fingerprint density at radius 2 is 1.37 bits per heavy atom. The summed E-state index contributed by atoms with van der Waals surface area (Å²) in [7, 11) is -2.63. The predicted octanol–water partition coefficient (Wildman–Crippen LogP) is -2.83. The fraction of sp³-hybridized carbons (Fsp3) is 0.200. The Bertz CT molecular complexity index is 560. The molecule has 0 radical (unpaired) electrons. The molecule has 0 saturated heterocycles. The van der Waals surface area contributed by atoms with Crippen LogP contribution < -0.4 is 29.6 Å². The number of rotatable bonds is 3. The molecular weight excluding hydrogens is 287 g/mol. The predicted molar refractivity (Wildman–Crippen MR) is 57.1 cm³/mol. The van der Waals surface area contributed by atoms with Crippen molar-refractivity contribution < 1.29 is 61.6 Å². The molecule has 0 unspecified atom stereocenters. The van der Waals surface area contributed by atoms with Crippen molar-refractivity contribution in [1.82, 2.24) is 0 Å². The Hall–Kier alpha value is -0.930. The molecule has 0 saturated carbocycles. The molecule has 0 amide bonds. The molecule has 1 rings (SSSR count). The largest absolute Gasteiger partial charge is 1.00 e. The van der Waals surface area contributed by atoms with Crippen LogP contribution >= 0.6 is 0 Å². The molecule has 7 nitrogen and oxygen atoms in total. The van der Waals surface area contributed by atoms with Gasteiger partial charge in [0.05, 0.1) is 30.2 Å². The molecule has 0 heterocycles. The molecule has 1 aromatic rings. The zero-order chi connectivity index (χ0) is 13.9. The van der Waals surface area contributed by atoms with Crippen LogP contribution in [0.1, 0.15) is 20.7 Å². The van der Waals surface area contributed by atoms with E-state index in [1.807, 2.05) is 0 Å². The van der Waals surface area contributed by atoms with E-state index in [4.69, 9.17) is 0 Å². The zero-order valence-corrected chi connectivity index (χ0v) is 13.3. The Kier molecular flexibility index (Phi) is 6.67. The number of carbonyl (C=O) groups is 2. The van der Waals surface area contributed by atoms with Crippen LogP contribution in [0.4, 0.5) is 0 Å². The molecule has 98 valence electrons. The van der Waals surface area contributed by atoms with Crippen LogP contribution in [0.15, 0.2) is 23.1 Å². The summed E-state index contributed by atoms with van der Waals surface area (Å²) >= 11 is 0. The van der Waals surface area contributed by atoms with Gasteiger partial charge in [0.15, 0.2) is 0 Å². The first-order valence-electron chi connectivity index (χ1n) is 4.57. The van der Waals surface area contributed by atoms with Crippen LogP contribution in [0.25, 0.3) is 0 Å². The van der Waals surface area contributed by atoms with Crippen molar-refractivity contribution in [2.75, 3.05) is 14.2 Å². The molecule has 0 atom stereocenters. The van der Waals surface area contributed by atoms with E-state index in [2.05, 4.69) is 9.47 Å². The molecule has 1 aromatic carbocycles. The normalized spacial score (nSPS) is 10.3. The van der Waals surface area contributed by atoms with E-state index in [0.29, 0.717) is 0 Å². The van der Waals surface area contributed by atoms with E-state index in [0.717, 1.165) is 32.4 Å². The maximum absolute atomic E-state index is 11.3. The summed E-state index contributed by atoms with van der Waals surface area (Å²) in [5.74, 6) is -1.74. The van der Waals surface area contributed by atoms with Crippen molar-refractivity contribution in [3.05, 3.63) is 29.3 Å². The Labute approximate surface area is 131 Å². The van der Waals surface area contributed by atoms with Gasteiger partial charge in [0, 0.05) is 0 Å². The summed E-state index contributed by atoms with van der Waals surface area (Å²) in [5, 5.41) is 0. The van der Waals surface area contributed by atoms with E-state index in [1.165, 1.54) is 0 Å². The van der Waals surface area contributed by atoms with Crippen molar-refractivity contribution in [3.63, 3.8) is 0 Å². The summed E-state index contributed by atoms with van der Waals surface area (Å²) in [6, 6.07) is 2.74. The first kappa shape index (κ1) is 18.1. The van der Waals surface area contributed by atoms with E-state index in [9.17, 15) is 22.6 Å². The van der Waals surface area contributed by atoms with Gasteiger partial charge >= 0.3 is 41.5 Å². The Morgan fingerprint density at radius 3 is 1.63 bits per heavy atom. The van der Waals surface area contributed by atoms with Crippen molar-refractivity contribution in [3.8, 4) is 0 Å². The average molecular weight is 296 g/mol. The summed E-state index contributed by atoms with van der Waals surface area (Å²) in [4.78, 5) is 21.9. The van der Waals surface area contributed by atoms with Crippen LogP contribution in [-0.2, 0) is 19.6 Å². The molecule has 9 heteroatoms. The topological polar surface area (TPSA) is 110 Å². The van der Waals surface area contributed by atoms with Crippen LogP contribution in [0.2, 0.25) is 0 Å². The number of hydrogen-bond acceptors (Lipinski definition) is 7. The van der Waals surface area contributed by atoms with Crippen LogP contribution in [0, 0.1) is 0 Å². The van der Waals surface area contributed by atoms with E-state index in [-0.39, 0.29) is 40.7 Å². The monoisotopic (exact) mass is 296 g/mol. The molecule has 0 bridgehead atoms. The summed E-state index contributed by atoms with van der Waals surface area (Å²) in [6.07, 6.45) is 0. The summed E-state index contributed by atoms with van der Waals surface area (Å²) in [6.45, 7) is 0. The fourth-order valence-electron chi connectivity index (χ4n) is 1.21. The van der Waals surface area contributed by atoms with Crippen LogP contribution in [-0.4, -0.2) is 39.1 Å². The third-order valence-corrected chi connectivity index (χ3v) is 2.85. The number of carbonyl (C=O) groups excluding carboxylic acids is 2. The third-order valence-electron chi connectivity index (χ3n) is 2.04. The van der Waals surface area contributed by atoms with Gasteiger partial charge in [-0.25, -0.2) is 18.0 Å². The molecule has 0 aliphatic carbocycles. The van der Waals surface area contributed by atoms with E-state index >= 15 is 0 Å². The Balaban J connectivity index is 0.00000324. The van der Waals surface area contributed by atoms with Crippen molar-refractivity contribution in [2.45, 2.75) is 4.90 Å². The van der Waals surface area contributed by atoms with Gasteiger partial charge in [-0.1, -0.05) is 0 Å². The van der Waals surface area contributed by atoms with Gasteiger partial charge < -0.3 is 14.0 Å². The molecule has 0 aromatic heterocycles. The van der Waals surface area contributed by atoms with Crippen LogP contribution in [0.3, 0.4) is 0 Å². The van der Waals surface area contributed by atoms with Gasteiger partial charge in [-0.05, 0) is 18.2 Å². The fourth-order valence-corrected chi connectivity index (χ4v) is 1.76. The molecule has 19 heavy (non-hydrogen) atoms. The van der Waals surface area contributed by atoms with Crippen molar-refractivity contribution >= 4 is 22.1 Å². The number of methoxy groups -OCH3 is 2. The van der Waals surface area contributed by atoms with Gasteiger partial charge in [-0.15, -0.1) is 0 Å². The number of benzene rings is 1. The van der Waals surface area contributed by atoms with E-state index in [1.54, 1.807) is 0 Å². The molecule has 0 aliphatic heterocycles. The number of ether oxygens (including phenoxy) is 2. The first-order valence-corrected chi connectivity index (χ1v) is 5.98. The second-order valence-corrected chi connectivity index (χ2v) is 4.56. The summed E-state index contributed by atoms with van der Waals surface area (Å²) in [5.41, 5.74) is -0.454. The molecule has 0 fully saturated rings. The smallest absolute Gasteiger partial charge is 0.744 e. The van der Waals surface area contributed by atoms with Gasteiger partial charge in [-0.2, -0.15) is 0 Å².